The van der Waals surface area contributed by atoms with Gasteiger partial charge in [0.05, 0.1) is 19.0 Å². The van der Waals surface area contributed by atoms with Gasteiger partial charge in [0.2, 0.25) is 0 Å². The molecule has 1 aromatic rings. The molecule has 1 aliphatic carbocycles. The van der Waals surface area contributed by atoms with Crippen LogP contribution in [0.2, 0.25) is 0 Å². The van der Waals surface area contributed by atoms with Crippen molar-refractivity contribution in [2.24, 2.45) is 17.6 Å². The van der Waals surface area contributed by atoms with Crippen molar-refractivity contribution in [2.75, 3.05) is 6.61 Å². The van der Waals surface area contributed by atoms with Crippen LogP contribution in [0.15, 0.2) is 12.4 Å². The Morgan fingerprint density at radius 2 is 2.05 bits per heavy atom. The highest BCUT2D eigenvalue weighted by Crippen LogP contribution is 2.24. The van der Waals surface area contributed by atoms with Crippen LogP contribution in [-0.2, 0) is 6.54 Å². The second kappa shape index (κ2) is 7.75. The summed E-state index contributed by atoms with van der Waals surface area (Å²) in [5.74, 6) is 2.17. The number of nitrogens with zero attached hydrogens (tertiary/aromatic N) is 2. The monoisotopic (exact) mass is 287 g/mol. The van der Waals surface area contributed by atoms with Crippen LogP contribution >= 0.6 is 12.4 Å². The maximum atomic E-state index is 5.90. The molecule has 0 aromatic carbocycles. The van der Waals surface area contributed by atoms with E-state index in [9.17, 15) is 0 Å². The van der Waals surface area contributed by atoms with E-state index in [0.29, 0.717) is 17.9 Å². The fourth-order valence-electron chi connectivity index (χ4n) is 2.46. The Morgan fingerprint density at radius 3 is 2.68 bits per heavy atom. The molecule has 0 radical (unpaired) electrons. The average Bonchev–Trinajstić information content (AvgIpc) is 2.75. The number of aromatic nitrogens is 2. The van der Waals surface area contributed by atoms with Gasteiger partial charge < -0.3 is 10.5 Å². The molecule has 1 saturated carbocycles. The second-order valence-corrected chi connectivity index (χ2v) is 5.88. The summed E-state index contributed by atoms with van der Waals surface area (Å²) in [6, 6.07) is 0.412. The van der Waals surface area contributed by atoms with E-state index in [0.717, 1.165) is 31.7 Å². The molecular formula is C14H26ClN3O. The minimum Gasteiger partial charge on any atom is -0.490 e. The normalized spacial score (nSPS) is 23.2. The molecule has 0 aliphatic heterocycles. The molecule has 4 nitrogen and oxygen atoms in total. The van der Waals surface area contributed by atoms with E-state index in [1.54, 1.807) is 0 Å². The van der Waals surface area contributed by atoms with E-state index in [4.69, 9.17) is 10.5 Å². The fraction of sp³-hybridized carbons (Fsp3) is 0.786. The van der Waals surface area contributed by atoms with Gasteiger partial charge in [-0.2, -0.15) is 5.10 Å². The summed E-state index contributed by atoms with van der Waals surface area (Å²) < 4.78 is 7.77. The first-order valence-electron chi connectivity index (χ1n) is 7.04. The standard InChI is InChI=1S/C14H25N3O.ClH/c1-11(2)8-17-9-14(7-16-17)18-10-12-3-5-13(15)6-4-12;/h7,9,11-13H,3-6,8,10,15H2,1-2H3;1H. The lowest BCUT2D eigenvalue weighted by Gasteiger charge is -2.25. The molecule has 0 amide bonds. The van der Waals surface area contributed by atoms with Crippen molar-refractivity contribution < 1.29 is 4.74 Å². The van der Waals surface area contributed by atoms with Crippen molar-refractivity contribution >= 4 is 12.4 Å². The van der Waals surface area contributed by atoms with Crippen LogP contribution < -0.4 is 10.5 Å². The predicted molar refractivity (Wildman–Crippen MR) is 79.7 cm³/mol. The smallest absolute Gasteiger partial charge is 0.157 e. The topological polar surface area (TPSA) is 53.1 Å². The van der Waals surface area contributed by atoms with Gasteiger partial charge in [-0.15, -0.1) is 12.4 Å². The number of rotatable bonds is 5. The van der Waals surface area contributed by atoms with Crippen molar-refractivity contribution in [3.05, 3.63) is 12.4 Å². The highest BCUT2D eigenvalue weighted by molar-refractivity contribution is 5.85. The summed E-state index contributed by atoms with van der Waals surface area (Å²) in [6.45, 7) is 6.13. The largest absolute Gasteiger partial charge is 0.490 e. The van der Waals surface area contributed by atoms with Crippen LogP contribution in [0.3, 0.4) is 0 Å². The van der Waals surface area contributed by atoms with Gasteiger partial charge in [0.1, 0.15) is 0 Å². The predicted octanol–water partition coefficient (Wildman–Crippen LogP) is 2.86. The third-order valence-electron chi connectivity index (χ3n) is 3.54. The van der Waals surface area contributed by atoms with Gasteiger partial charge in [-0.25, -0.2) is 0 Å². The van der Waals surface area contributed by atoms with Crippen LogP contribution in [-0.4, -0.2) is 22.4 Å². The van der Waals surface area contributed by atoms with E-state index in [1.807, 2.05) is 17.1 Å². The lowest BCUT2D eigenvalue weighted by Crippen LogP contribution is -2.28. The molecule has 0 bridgehead atoms. The maximum Gasteiger partial charge on any atom is 0.157 e. The van der Waals surface area contributed by atoms with Gasteiger partial charge in [0, 0.05) is 12.6 Å². The summed E-state index contributed by atoms with van der Waals surface area (Å²) in [6.07, 6.45) is 8.48. The highest BCUT2D eigenvalue weighted by Gasteiger charge is 2.19. The second-order valence-electron chi connectivity index (χ2n) is 5.88. The van der Waals surface area contributed by atoms with Crippen LogP contribution in [0.4, 0.5) is 0 Å². The Morgan fingerprint density at radius 1 is 1.37 bits per heavy atom. The molecule has 1 aliphatic rings. The molecule has 0 atom stereocenters. The molecule has 0 saturated heterocycles. The minimum atomic E-state index is 0. The summed E-state index contributed by atoms with van der Waals surface area (Å²) in [5.41, 5.74) is 5.90. The van der Waals surface area contributed by atoms with Gasteiger partial charge in [0.15, 0.2) is 5.75 Å². The molecule has 1 heterocycles. The number of hydrogen-bond donors (Lipinski definition) is 1. The fourth-order valence-corrected chi connectivity index (χ4v) is 2.46. The van der Waals surface area contributed by atoms with Crippen LogP contribution in [0.25, 0.3) is 0 Å². The molecule has 5 heteroatoms. The third kappa shape index (κ3) is 5.41. The van der Waals surface area contributed by atoms with E-state index >= 15 is 0 Å². The van der Waals surface area contributed by atoms with E-state index in [2.05, 4.69) is 18.9 Å². The Labute approximate surface area is 122 Å². The summed E-state index contributed by atoms with van der Waals surface area (Å²) in [7, 11) is 0. The highest BCUT2D eigenvalue weighted by atomic mass is 35.5. The lowest BCUT2D eigenvalue weighted by atomic mass is 9.87. The van der Waals surface area contributed by atoms with Gasteiger partial charge >= 0.3 is 0 Å². The molecule has 0 unspecified atom stereocenters. The van der Waals surface area contributed by atoms with Crippen molar-refractivity contribution in [2.45, 2.75) is 52.1 Å². The quantitative estimate of drug-likeness (QED) is 0.906. The Kier molecular flexibility index (Phi) is 6.66. The van der Waals surface area contributed by atoms with E-state index in [1.165, 1.54) is 12.8 Å². The first-order valence-corrected chi connectivity index (χ1v) is 7.04. The zero-order chi connectivity index (χ0) is 13.0. The van der Waals surface area contributed by atoms with Crippen LogP contribution in [0.5, 0.6) is 5.75 Å². The first-order chi connectivity index (χ1) is 8.63. The number of halogens is 1. The number of nitrogens with two attached hydrogens (primary N) is 1. The Bertz CT molecular complexity index is 359. The average molecular weight is 288 g/mol. The Balaban J connectivity index is 0.00000180. The molecule has 1 aromatic heterocycles. The van der Waals surface area contributed by atoms with Crippen LogP contribution in [0, 0.1) is 11.8 Å². The van der Waals surface area contributed by atoms with Crippen LogP contribution in [0.1, 0.15) is 39.5 Å². The minimum absolute atomic E-state index is 0. The zero-order valence-electron chi connectivity index (χ0n) is 11.9. The maximum absolute atomic E-state index is 5.90. The third-order valence-corrected chi connectivity index (χ3v) is 3.54. The van der Waals surface area contributed by atoms with Gasteiger partial charge in [-0.3, -0.25) is 4.68 Å². The molecule has 2 rings (SSSR count). The van der Waals surface area contributed by atoms with Gasteiger partial charge in [0.25, 0.3) is 0 Å². The molecule has 19 heavy (non-hydrogen) atoms. The Hall–Kier alpha value is -0.740. The summed E-state index contributed by atoms with van der Waals surface area (Å²) in [4.78, 5) is 0. The molecule has 2 N–H and O–H groups in total. The van der Waals surface area contributed by atoms with E-state index < -0.39 is 0 Å². The number of hydrogen-bond acceptors (Lipinski definition) is 3. The molecular weight excluding hydrogens is 262 g/mol. The van der Waals surface area contributed by atoms with Gasteiger partial charge in [-0.1, -0.05) is 13.8 Å². The first kappa shape index (κ1) is 16.3. The molecule has 1 fully saturated rings. The van der Waals surface area contributed by atoms with Crippen molar-refractivity contribution in [1.29, 1.82) is 0 Å². The molecule has 0 spiro atoms. The molecule has 110 valence electrons. The van der Waals surface area contributed by atoms with Crippen molar-refractivity contribution in [3.63, 3.8) is 0 Å². The van der Waals surface area contributed by atoms with Crippen molar-refractivity contribution in [1.82, 2.24) is 9.78 Å². The number of ether oxygens (including phenoxy) is 1. The zero-order valence-corrected chi connectivity index (χ0v) is 12.7. The van der Waals surface area contributed by atoms with Gasteiger partial charge in [-0.05, 0) is 37.5 Å². The van der Waals surface area contributed by atoms with E-state index in [-0.39, 0.29) is 12.4 Å². The lowest BCUT2D eigenvalue weighted by molar-refractivity contribution is 0.200. The van der Waals surface area contributed by atoms with Crippen molar-refractivity contribution in [3.8, 4) is 5.75 Å². The summed E-state index contributed by atoms with van der Waals surface area (Å²) in [5, 5.41) is 4.30. The summed E-state index contributed by atoms with van der Waals surface area (Å²) >= 11 is 0. The SMILES string of the molecule is CC(C)Cn1cc(OCC2CCC(N)CC2)cn1.Cl.